The Balaban J connectivity index is 1.61. The quantitative estimate of drug-likeness (QED) is 0.654. The van der Waals surface area contributed by atoms with Gasteiger partial charge in [-0.1, -0.05) is 30.3 Å². The van der Waals surface area contributed by atoms with Gasteiger partial charge in [0.05, 0.1) is 11.1 Å². The molecule has 1 aromatic carbocycles. The van der Waals surface area contributed by atoms with Gasteiger partial charge in [0.25, 0.3) is 10.0 Å². The summed E-state index contributed by atoms with van der Waals surface area (Å²) in [6.07, 6.45) is 1.74. The molecule has 4 rings (SSSR count). The molecule has 1 fully saturated rings. The number of thiophene rings is 1. The maximum absolute atomic E-state index is 12.8. The number of aromatic nitrogens is 1. The number of aliphatic carboxylic acids is 1. The highest BCUT2D eigenvalue weighted by atomic mass is 32.2. The molecule has 2 heterocycles. The molecule has 0 saturated heterocycles. The average molecular weight is 404 g/mol. The summed E-state index contributed by atoms with van der Waals surface area (Å²) in [5.41, 5.74) is -0.723. The topological polar surface area (TPSA) is 110 Å². The standard InChI is InChI=1S/C18H16N2O5S2/c1-11-19-10-14(25-11)15-7-8-16(26-15)27(23,24)20-18(17(21)22)9-13(18)12-5-3-2-4-6-12/h2-8,10,13,20H,9H2,1H3,(H,21,22)/t13-,18?/m0/s1. The lowest BCUT2D eigenvalue weighted by atomic mass is 10.1. The van der Waals surface area contributed by atoms with Crippen molar-refractivity contribution in [2.45, 2.75) is 29.0 Å². The molecule has 0 amide bonds. The Morgan fingerprint density at radius 1 is 1.30 bits per heavy atom. The zero-order valence-corrected chi connectivity index (χ0v) is 15.9. The molecule has 3 aromatic rings. The first kappa shape index (κ1) is 17.9. The summed E-state index contributed by atoms with van der Waals surface area (Å²) in [7, 11) is -4.00. The number of sulfonamides is 1. The molecule has 27 heavy (non-hydrogen) atoms. The minimum atomic E-state index is -4.00. The number of benzene rings is 1. The SMILES string of the molecule is Cc1ncc(-c2ccc(S(=O)(=O)NC3(C(=O)O)C[C@H]3c3ccccc3)s2)o1. The first-order valence-corrected chi connectivity index (χ1v) is 10.5. The van der Waals surface area contributed by atoms with Crippen LogP contribution in [0.2, 0.25) is 0 Å². The van der Waals surface area contributed by atoms with Crippen LogP contribution >= 0.6 is 11.3 Å². The van der Waals surface area contributed by atoms with Gasteiger partial charge in [-0.3, -0.25) is 4.79 Å². The molecule has 1 saturated carbocycles. The van der Waals surface area contributed by atoms with Crippen molar-refractivity contribution >= 4 is 27.3 Å². The summed E-state index contributed by atoms with van der Waals surface area (Å²) >= 11 is 1.01. The van der Waals surface area contributed by atoms with Crippen molar-refractivity contribution < 1.29 is 22.7 Å². The van der Waals surface area contributed by atoms with Gasteiger partial charge >= 0.3 is 5.97 Å². The number of carboxylic acid groups (broad SMARTS) is 1. The van der Waals surface area contributed by atoms with Crippen LogP contribution in [0.15, 0.2) is 57.3 Å². The third kappa shape index (κ3) is 3.18. The predicted octanol–water partition coefficient (Wildman–Crippen LogP) is 3.00. The zero-order valence-electron chi connectivity index (χ0n) is 14.2. The van der Waals surface area contributed by atoms with E-state index in [1.165, 1.54) is 12.3 Å². The Kier molecular flexibility index (Phi) is 4.17. The summed E-state index contributed by atoms with van der Waals surface area (Å²) in [6.45, 7) is 1.70. The van der Waals surface area contributed by atoms with Crippen molar-refractivity contribution in [3.8, 4) is 10.6 Å². The smallest absolute Gasteiger partial charge is 0.325 e. The van der Waals surface area contributed by atoms with Crippen LogP contribution in [0.5, 0.6) is 0 Å². The molecule has 0 spiro atoms. The number of rotatable bonds is 6. The molecule has 1 unspecified atom stereocenters. The zero-order chi connectivity index (χ0) is 19.2. The molecule has 9 heteroatoms. The molecule has 7 nitrogen and oxygen atoms in total. The average Bonchev–Trinajstić information content (AvgIpc) is 2.98. The highest BCUT2D eigenvalue weighted by Crippen LogP contribution is 2.52. The van der Waals surface area contributed by atoms with Gasteiger partial charge in [-0.25, -0.2) is 13.4 Å². The molecule has 2 N–H and O–H groups in total. The summed E-state index contributed by atoms with van der Waals surface area (Å²) in [4.78, 5) is 16.5. The maximum Gasteiger partial charge on any atom is 0.325 e. The minimum absolute atomic E-state index is 0.0332. The number of hydrogen-bond acceptors (Lipinski definition) is 6. The molecular weight excluding hydrogens is 388 g/mol. The second-order valence-electron chi connectivity index (χ2n) is 6.41. The monoisotopic (exact) mass is 404 g/mol. The van der Waals surface area contributed by atoms with Crippen LogP contribution in [0.25, 0.3) is 10.6 Å². The predicted molar refractivity (Wildman–Crippen MR) is 99.0 cm³/mol. The van der Waals surface area contributed by atoms with E-state index in [-0.39, 0.29) is 10.6 Å². The largest absolute Gasteiger partial charge is 0.480 e. The van der Waals surface area contributed by atoms with Crippen LogP contribution in [0.4, 0.5) is 0 Å². The number of oxazole rings is 1. The van der Waals surface area contributed by atoms with E-state index in [0.29, 0.717) is 16.5 Å². The molecular formula is C18H16N2O5S2. The molecule has 0 bridgehead atoms. The van der Waals surface area contributed by atoms with Crippen molar-refractivity contribution in [3.05, 3.63) is 60.1 Å². The van der Waals surface area contributed by atoms with Gasteiger partial charge in [0, 0.05) is 12.8 Å². The molecule has 2 aromatic heterocycles. The third-order valence-corrected chi connectivity index (χ3v) is 7.67. The fourth-order valence-corrected chi connectivity index (χ4v) is 5.76. The van der Waals surface area contributed by atoms with Gasteiger partial charge < -0.3 is 9.52 Å². The first-order chi connectivity index (χ1) is 12.8. The van der Waals surface area contributed by atoms with E-state index in [4.69, 9.17) is 4.42 Å². The molecule has 0 radical (unpaired) electrons. The van der Waals surface area contributed by atoms with E-state index in [2.05, 4.69) is 9.71 Å². The lowest BCUT2D eigenvalue weighted by Gasteiger charge is -2.14. The van der Waals surface area contributed by atoms with Gasteiger partial charge in [-0.2, -0.15) is 4.72 Å². The van der Waals surface area contributed by atoms with E-state index in [0.717, 1.165) is 16.9 Å². The number of carbonyl (C=O) groups is 1. The second-order valence-corrected chi connectivity index (χ2v) is 9.40. The van der Waals surface area contributed by atoms with E-state index >= 15 is 0 Å². The summed E-state index contributed by atoms with van der Waals surface area (Å²) in [6, 6.07) is 12.1. The Hall–Kier alpha value is -2.49. The van der Waals surface area contributed by atoms with Gasteiger partial charge in [-0.15, -0.1) is 11.3 Å². The fourth-order valence-electron chi connectivity index (χ4n) is 3.11. The van der Waals surface area contributed by atoms with Gasteiger partial charge in [0.1, 0.15) is 9.75 Å². The fraction of sp³-hybridized carbons (Fsp3) is 0.222. The van der Waals surface area contributed by atoms with Crippen molar-refractivity contribution in [2.75, 3.05) is 0 Å². The maximum atomic E-state index is 12.8. The lowest BCUT2D eigenvalue weighted by Crippen LogP contribution is -2.44. The molecule has 0 aliphatic heterocycles. The van der Waals surface area contributed by atoms with Crippen LogP contribution < -0.4 is 4.72 Å². The van der Waals surface area contributed by atoms with E-state index in [1.54, 1.807) is 37.3 Å². The van der Waals surface area contributed by atoms with Crippen molar-refractivity contribution in [2.24, 2.45) is 0 Å². The Morgan fingerprint density at radius 3 is 2.67 bits per heavy atom. The normalized spacial score (nSPS) is 21.9. The molecule has 140 valence electrons. The van der Waals surface area contributed by atoms with Crippen LogP contribution in [0.1, 0.15) is 23.8 Å². The van der Waals surface area contributed by atoms with E-state index in [9.17, 15) is 18.3 Å². The van der Waals surface area contributed by atoms with Gasteiger partial charge in [-0.05, 0) is 24.1 Å². The van der Waals surface area contributed by atoms with Gasteiger partial charge in [0.15, 0.2) is 11.7 Å². The Labute approximate surface area is 159 Å². The van der Waals surface area contributed by atoms with Crippen molar-refractivity contribution in [1.29, 1.82) is 0 Å². The molecule has 2 atom stereocenters. The first-order valence-electron chi connectivity index (χ1n) is 8.17. The number of hydrogen-bond donors (Lipinski definition) is 2. The van der Waals surface area contributed by atoms with Gasteiger partial charge in [0.2, 0.25) is 0 Å². The lowest BCUT2D eigenvalue weighted by molar-refractivity contribution is -0.140. The number of carboxylic acids is 1. The van der Waals surface area contributed by atoms with E-state index in [1.807, 2.05) is 6.07 Å². The van der Waals surface area contributed by atoms with Crippen LogP contribution in [0.3, 0.4) is 0 Å². The Bertz CT molecular complexity index is 1100. The van der Waals surface area contributed by atoms with Crippen LogP contribution in [0, 0.1) is 6.92 Å². The van der Waals surface area contributed by atoms with Crippen molar-refractivity contribution in [3.63, 3.8) is 0 Å². The summed E-state index contributed by atoms with van der Waals surface area (Å²) < 4.78 is 33.5. The summed E-state index contributed by atoms with van der Waals surface area (Å²) in [5, 5.41) is 9.68. The number of nitrogens with one attached hydrogen (secondary N) is 1. The number of nitrogens with zero attached hydrogens (tertiary/aromatic N) is 1. The Morgan fingerprint density at radius 2 is 2.04 bits per heavy atom. The van der Waals surface area contributed by atoms with Crippen LogP contribution in [-0.2, 0) is 14.8 Å². The number of aryl methyl sites for hydroxylation is 1. The van der Waals surface area contributed by atoms with Crippen LogP contribution in [-0.4, -0.2) is 30.0 Å². The van der Waals surface area contributed by atoms with E-state index < -0.39 is 27.4 Å². The summed E-state index contributed by atoms with van der Waals surface area (Å²) in [5.74, 6) is -0.625. The highest BCUT2D eigenvalue weighted by Gasteiger charge is 2.63. The highest BCUT2D eigenvalue weighted by molar-refractivity contribution is 7.91. The third-order valence-electron chi connectivity index (χ3n) is 4.57. The van der Waals surface area contributed by atoms with Crippen molar-refractivity contribution in [1.82, 2.24) is 9.71 Å². The second kappa shape index (κ2) is 6.29. The minimum Gasteiger partial charge on any atom is -0.480 e. The molecule has 1 aliphatic rings. The molecule has 1 aliphatic carbocycles.